The summed E-state index contributed by atoms with van der Waals surface area (Å²) in [5, 5.41) is 9.68. The fourth-order valence-electron chi connectivity index (χ4n) is 0.677. The second kappa shape index (κ2) is 2.66. The molecule has 0 bridgehead atoms. The number of hydrogen-bond acceptors (Lipinski definition) is 2. The molecule has 54 valence electrons. The number of rotatable bonds is 1. The Balaban J connectivity index is 2.96. The van der Waals surface area contributed by atoms with Crippen molar-refractivity contribution in [1.29, 1.82) is 0 Å². The Morgan fingerprint density at radius 3 is 2.60 bits per heavy atom. The topological polar surface area (TPSA) is 23.5 Å². The number of nitrogens with zero attached hydrogens (tertiary/aromatic N) is 1. The largest absolute Gasteiger partial charge is 0.289 e. The van der Waals surface area contributed by atoms with Gasteiger partial charge in [0.15, 0.2) is 0 Å². The fourth-order valence-corrected chi connectivity index (χ4v) is 0.677. The van der Waals surface area contributed by atoms with E-state index >= 15 is 0 Å². The molecule has 0 aromatic heterocycles. The third-order valence-corrected chi connectivity index (χ3v) is 1.18. The molecule has 0 spiro atoms. The van der Waals surface area contributed by atoms with Gasteiger partial charge in [0.25, 0.3) is 0 Å². The van der Waals surface area contributed by atoms with Gasteiger partial charge >= 0.3 is 0 Å². The Morgan fingerprint density at radius 1 is 1.50 bits per heavy atom. The maximum absolute atomic E-state index is 12.4. The fraction of sp³-hybridized carbons (Fsp3) is 0.143. The predicted molar refractivity (Wildman–Crippen MR) is 36.6 cm³/mol. The summed E-state index contributed by atoms with van der Waals surface area (Å²) < 4.78 is 12.4. The number of halogens is 1. The minimum atomic E-state index is -0.349. The van der Waals surface area contributed by atoms with E-state index in [2.05, 4.69) is 0 Å². The second-order valence-corrected chi connectivity index (χ2v) is 2.00. The van der Waals surface area contributed by atoms with E-state index in [0.29, 0.717) is 5.69 Å². The summed E-state index contributed by atoms with van der Waals surface area (Å²) >= 11 is 0. The smallest absolute Gasteiger partial charge is 0.125 e. The van der Waals surface area contributed by atoms with Crippen LogP contribution in [0.5, 0.6) is 0 Å². The average molecular weight is 141 g/mol. The van der Waals surface area contributed by atoms with Crippen molar-refractivity contribution in [2.75, 3.05) is 12.1 Å². The molecule has 0 saturated carbocycles. The standard InChI is InChI=1S/C7H8FNO/c1-9(10)7-4-2-3-6(8)5-7/h2-5,10H,1H3. The minimum Gasteiger partial charge on any atom is -0.289 e. The van der Waals surface area contributed by atoms with Gasteiger partial charge in [-0.3, -0.25) is 10.3 Å². The van der Waals surface area contributed by atoms with Gasteiger partial charge in [-0.25, -0.2) is 4.39 Å². The van der Waals surface area contributed by atoms with Gasteiger partial charge in [0.05, 0.1) is 5.69 Å². The first-order chi connectivity index (χ1) is 4.70. The van der Waals surface area contributed by atoms with Gasteiger partial charge in [-0.2, -0.15) is 0 Å². The van der Waals surface area contributed by atoms with Gasteiger partial charge in [0.1, 0.15) is 5.82 Å². The molecule has 0 fully saturated rings. The van der Waals surface area contributed by atoms with Crippen LogP contribution in [0.2, 0.25) is 0 Å². The molecule has 0 aliphatic rings. The molecule has 0 atom stereocenters. The molecular weight excluding hydrogens is 133 g/mol. The molecule has 0 aliphatic carbocycles. The van der Waals surface area contributed by atoms with Crippen molar-refractivity contribution in [2.24, 2.45) is 0 Å². The second-order valence-electron chi connectivity index (χ2n) is 2.00. The van der Waals surface area contributed by atoms with Crippen molar-refractivity contribution in [2.45, 2.75) is 0 Å². The van der Waals surface area contributed by atoms with E-state index in [1.807, 2.05) is 0 Å². The van der Waals surface area contributed by atoms with Gasteiger partial charge < -0.3 is 0 Å². The maximum atomic E-state index is 12.4. The highest BCUT2D eigenvalue weighted by Crippen LogP contribution is 2.10. The van der Waals surface area contributed by atoms with Gasteiger partial charge in [-0.05, 0) is 18.2 Å². The van der Waals surface area contributed by atoms with Crippen LogP contribution in [0.1, 0.15) is 0 Å². The molecule has 1 N–H and O–H groups in total. The van der Waals surface area contributed by atoms with Crippen molar-refractivity contribution >= 4 is 5.69 Å². The molecule has 1 aromatic rings. The first-order valence-corrected chi connectivity index (χ1v) is 2.88. The first-order valence-electron chi connectivity index (χ1n) is 2.88. The SMILES string of the molecule is CN(O)c1cccc(F)c1. The normalized spacial score (nSPS) is 9.50. The Labute approximate surface area is 58.5 Å². The van der Waals surface area contributed by atoms with E-state index in [1.165, 1.54) is 25.2 Å². The van der Waals surface area contributed by atoms with Crippen LogP contribution < -0.4 is 5.06 Å². The zero-order valence-electron chi connectivity index (χ0n) is 5.58. The van der Waals surface area contributed by atoms with E-state index in [4.69, 9.17) is 5.21 Å². The van der Waals surface area contributed by atoms with Crippen LogP contribution in [0.25, 0.3) is 0 Å². The molecular formula is C7H8FNO. The highest BCUT2D eigenvalue weighted by Gasteiger charge is 1.95. The lowest BCUT2D eigenvalue weighted by Crippen LogP contribution is -2.09. The first kappa shape index (κ1) is 7.02. The summed E-state index contributed by atoms with van der Waals surface area (Å²) in [5.41, 5.74) is 0.444. The number of benzene rings is 1. The van der Waals surface area contributed by atoms with Crippen LogP contribution in [0.4, 0.5) is 10.1 Å². The van der Waals surface area contributed by atoms with Crippen LogP contribution in [0.15, 0.2) is 24.3 Å². The molecule has 10 heavy (non-hydrogen) atoms. The minimum absolute atomic E-state index is 0.349. The van der Waals surface area contributed by atoms with Crippen molar-refractivity contribution in [3.05, 3.63) is 30.1 Å². The van der Waals surface area contributed by atoms with Crippen LogP contribution in [0, 0.1) is 5.82 Å². The molecule has 2 nitrogen and oxygen atoms in total. The molecule has 0 amide bonds. The van der Waals surface area contributed by atoms with Gasteiger partial charge in [-0.1, -0.05) is 6.07 Å². The monoisotopic (exact) mass is 141 g/mol. The number of hydroxylamine groups is 1. The Bertz CT molecular complexity index is 225. The van der Waals surface area contributed by atoms with Crippen molar-refractivity contribution in [1.82, 2.24) is 0 Å². The van der Waals surface area contributed by atoms with Crippen molar-refractivity contribution < 1.29 is 9.60 Å². The van der Waals surface area contributed by atoms with E-state index < -0.39 is 0 Å². The van der Waals surface area contributed by atoms with Crippen LogP contribution >= 0.6 is 0 Å². The molecule has 0 saturated heterocycles. The summed E-state index contributed by atoms with van der Waals surface area (Å²) in [5.74, 6) is -0.349. The predicted octanol–water partition coefficient (Wildman–Crippen LogP) is 1.65. The lowest BCUT2D eigenvalue weighted by atomic mass is 10.3. The third-order valence-electron chi connectivity index (χ3n) is 1.18. The highest BCUT2D eigenvalue weighted by molar-refractivity contribution is 5.42. The lowest BCUT2D eigenvalue weighted by molar-refractivity contribution is 0.279. The summed E-state index contributed by atoms with van der Waals surface area (Å²) in [7, 11) is 1.44. The lowest BCUT2D eigenvalue weighted by Gasteiger charge is -2.08. The molecule has 0 heterocycles. The Kier molecular flexibility index (Phi) is 1.87. The van der Waals surface area contributed by atoms with Crippen LogP contribution in [0.3, 0.4) is 0 Å². The highest BCUT2D eigenvalue weighted by atomic mass is 19.1. The average Bonchev–Trinajstić information content (AvgIpc) is 1.88. The third kappa shape index (κ3) is 1.45. The molecule has 0 aliphatic heterocycles. The molecule has 1 rings (SSSR count). The molecule has 0 radical (unpaired) electrons. The molecule has 3 heteroatoms. The van der Waals surface area contributed by atoms with Gasteiger partial charge in [-0.15, -0.1) is 0 Å². The molecule has 0 unspecified atom stereocenters. The molecule has 1 aromatic carbocycles. The van der Waals surface area contributed by atoms with Crippen molar-refractivity contribution in [3.8, 4) is 0 Å². The Morgan fingerprint density at radius 2 is 2.20 bits per heavy atom. The van der Waals surface area contributed by atoms with E-state index in [-0.39, 0.29) is 5.82 Å². The van der Waals surface area contributed by atoms with Gasteiger partial charge in [0, 0.05) is 7.05 Å². The summed E-state index contributed by atoms with van der Waals surface area (Å²) in [4.78, 5) is 0. The Hall–Kier alpha value is -1.09. The summed E-state index contributed by atoms with van der Waals surface area (Å²) in [6, 6.07) is 5.73. The maximum Gasteiger partial charge on any atom is 0.125 e. The summed E-state index contributed by atoms with van der Waals surface area (Å²) in [6.07, 6.45) is 0. The van der Waals surface area contributed by atoms with Crippen LogP contribution in [-0.4, -0.2) is 12.3 Å². The van der Waals surface area contributed by atoms with E-state index in [1.54, 1.807) is 6.07 Å². The zero-order chi connectivity index (χ0) is 7.56. The van der Waals surface area contributed by atoms with E-state index in [0.717, 1.165) is 5.06 Å². The summed E-state index contributed by atoms with van der Waals surface area (Å²) in [6.45, 7) is 0. The van der Waals surface area contributed by atoms with Crippen LogP contribution in [-0.2, 0) is 0 Å². The zero-order valence-corrected chi connectivity index (χ0v) is 5.58. The van der Waals surface area contributed by atoms with Crippen molar-refractivity contribution in [3.63, 3.8) is 0 Å². The quantitative estimate of drug-likeness (QED) is 0.601. The number of anilines is 1. The van der Waals surface area contributed by atoms with Gasteiger partial charge in [0.2, 0.25) is 0 Å². The number of hydrogen-bond donors (Lipinski definition) is 1. The van der Waals surface area contributed by atoms with E-state index in [9.17, 15) is 4.39 Å².